The average Bonchev–Trinajstić information content (AvgIpc) is 2.84. The summed E-state index contributed by atoms with van der Waals surface area (Å²) >= 11 is 0. The molecule has 3 aromatic carbocycles. The van der Waals surface area contributed by atoms with Crippen LogP contribution < -0.4 is 34.7 Å². The van der Waals surface area contributed by atoms with E-state index in [-0.39, 0.29) is 47.2 Å². The monoisotopic (exact) mass is 498 g/mol. The van der Waals surface area contributed by atoms with Gasteiger partial charge in [-0.05, 0) is 58.9 Å². The molecule has 3 rings (SSSR count). The normalized spacial score (nSPS) is 13.2. The second kappa shape index (κ2) is 13.9. The third kappa shape index (κ3) is 7.37. The molecule has 2 atom stereocenters. The number of carbonyl (C=O) groups excluding carboxylic acids is 1. The van der Waals surface area contributed by atoms with Gasteiger partial charge in [0, 0.05) is 24.2 Å². The van der Waals surface area contributed by atoms with Crippen molar-refractivity contribution < 1.29 is 54.1 Å². The Kier molecular flexibility index (Phi) is 11.5. The van der Waals surface area contributed by atoms with Gasteiger partial charge in [0.15, 0.2) is 0 Å². The van der Waals surface area contributed by atoms with E-state index in [9.17, 15) is 24.5 Å². The predicted octanol–water partition coefficient (Wildman–Crippen LogP) is 1.87. The summed E-state index contributed by atoms with van der Waals surface area (Å²) in [6, 6.07) is 22.9. The SMILES string of the molecule is CCC(CC)(c1ccccc1)c1ccc(/C=C/[C@@H](O)C[C@@H](O)CC(=O)[O-])c(-c2cccc(F)c2)c1.[Na+]. The summed E-state index contributed by atoms with van der Waals surface area (Å²) in [5.74, 6) is -1.71. The molecule has 0 aliphatic carbocycles. The maximum atomic E-state index is 14.1. The zero-order valence-corrected chi connectivity index (χ0v) is 23.2. The molecular weight excluding hydrogens is 466 g/mol. The van der Waals surface area contributed by atoms with Gasteiger partial charge in [-0.1, -0.05) is 80.6 Å². The second-order valence-electron chi connectivity index (χ2n) is 8.86. The van der Waals surface area contributed by atoms with Crippen LogP contribution in [0.4, 0.5) is 4.39 Å². The number of hydrogen-bond donors (Lipinski definition) is 2. The first-order chi connectivity index (χ1) is 16.8. The van der Waals surface area contributed by atoms with Crippen molar-refractivity contribution in [2.75, 3.05) is 0 Å². The van der Waals surface area contributed by atoms with Gasteiger partial charge in [0.05, 0.1) is 12.2 Å². The van der Waals surface area contributed by atoms with E-state index in [0.717, 1.165) is 29.5 Å². The molecule has 4 nitrogen and oxygen atoms in total. The summed E-state index contributed by atoms with van der Waals surface area (Å²) in [6.07, 6.45) is 2.11. The number of carboxylic acids is 1. The van der Waals surface area contributed by atoms with Gasteiger partial charge in [0.2, 0.25) is 0 Å². The van der Waals surface area contributed by atoms with Crippen LogP contribution in [0.25, 0.3) is 17.2 Å². The number of halogens is 1. The average molecular weight is 499 g/mol. The van der Waals surface area contributed by atoms with E-state index in [1.54, 1.807) is 12.1 Å². The number of hydrogen-bond acceptors (Lipinski definition) is 4. The Bertz CT molecular complexity index is 1160. The van der Waals surface area contributed by atoms with Gasteiger partial charge in [-0.3, -0.25) is 0 Å². The molecular formula is C30H32FNaO4. The molecule has 184 valence electrons. The molecule has 3 aromatic rings. The van der Waals surface area contributed by atoms with Crippen LogP contribution in [0.5, 0.6) is 0 Å². The maximum absolute atomic E-state index is 14.1. The molecule has 36 heavy (non-hydrogen) atoms. The molecule has 0 spiro atoms. The number of benzene rings is 3. The molecule has 0 aliphatic heterocycles. The molecule has 2 N–H and O–H groups in total. The predicted molar refractivity (Wildman–Crippen MR) is 135 cm³/mol. The van der Waals surface area contributed by atoms with Gasteiger partial charge in [-0.15, -0.1) is 0 Å². The van der Waals surface area contributed by atoms with Crippen molar-refractivity contribution in [3.8, 4) is 11.1 Å². The Morgan fingerprint density at radius 1 is 0.972 bits per heavy atom. The van der Waals surface area contributed by atoms with Crippen molar-refractivity contribution >= 4 is 12.0 Å². The van der Waals surface area contributed by atoms with E-state index in [4.69, 9.17) is 0 Å². The van der Waals surface area contributed by atoms with Gasteiger partial charge in [-0.2, -0.15) is 0 Å². The van der Waals surface area contributed by atoms with E-state index in [0.29, 0.717) is 5.56 Å². The van der Waals surface area contributed by atoms with E-state index in [1.807, 2.05) is 30.3 Å². The number of aliphatic hydroxyl groups is 2. The van der Waals surface area contributed by atoms with Crippen LogP contribution in [0.1, 0.15) is 56.2 Å². The molecule has 0 radical (unpaired) electrons. The Labute approximate surface area is 234 Å². The smallest absolute Gasteiger partial charge is 0.550 e. The van der Waals surface area contributed by atoms with Crippen molar-refractivity contribution in [3.63, 3.8) is 0 Å². The van der Waals surface area contributed by atoms with Crippen molar-refractivity contribution in [1.82, 2.24) is 0 Å². The summed E-state index contributed by atoms with van der Waals surface area (Å²) < 4.78 is 14.1. The van der Waals surface area contributed by atoms with Crippen LogP contribution in [-0.4, -0.2) is 28.4 Å². The van der Waals surface area contributed by atoms with Gasteiger partial charge < -0.3 is 20.1 Å². The quantitative estimate of drug-likeness (QED) is 0.396. The fourth-order valence-corrected chi connectivity index (χ4v) is 4.74. The third-order valence-corrected chi connectivity index (χ3v) is 6.69. The van der Waals surface area contributed by atoms with E-state index in [2.05, 4.69) is 38.1 Å². The molecule has 0 aromatic heterocycles. The molecule has 6 heteroatoms. The first-order valence-electron chi connectivity index (χ1n) is 12.0. The Balaban J connectivity index is 0.00000456. The van der Waals surface area contributed by atoms with E-state index in [1.165, 1.54) is 23.8 Å². The van der Waals surface area contributed by atoms with Gasteiger partial charge in [0.1, 0.15) is 5.82 Å². The summed E-state index contributed by atoms with van der Waals surface area (Å²) in [6.45, 7) is 4.33. The first kappa shape index (κ1) is 29.9. The minimum Gasteiger partial charge on any atom is -0.550 e. The number of carbonyl (C=O) groups is 1. The van der Waals surface area contributed by atoms with Crippen LogP contribution >= 0.6 is 0 Å². The minimum absolute atomic E-state index is 0. The molecule has 0 amide bonds. The van der Waals surface area contributed by atoms with Crippen LogP contribution in [-0.2, 0) is 10.2 Å². The molecule has 0 saturated carbocycles. The van der Waals surface area contributed by atoms with Gasteiger partial charge >= 0.3 is 29.6 Å². The van der Waals surface area contributed by atoms with Crippen LogP contribution in [0.15, 0.2) is 78.9 Å². The third-order valence-electron chi connectivity index (χ3n) is 6.69. The fourth-order valence-electron chi connectivity index (χ4n) is 4.74. The van der Waals surface area contributed by atoms with Crippen molar-refractivity contribution in [1.29, 1.82) is 0 Å². The number of rotatable bonds is 11. The summed E-state index contributed by atoms with van der Waals surface area (Å²) in [5, 5.41) is 30.7. The number of aliphatic hydroxyl groups excluding tert-OH is 2. The zero-order chi connectivity index (χ0) is 25.4. The first-order valence-corrected chi connectivity index (χ1v) is 12.0. The number of aliphatic carboxylic acids is 1. The van der Waals surface area contributed by atoms with Crippen molar-refractivity contribution in [3.05, 3.63) is 101 Å². The molecule has 0 heterocycles. The second-order valence-corrected chi connectivity index (χ2v) is 8.86. The molecule has 0 aliphatic rings. The Hall–Kier alpha value is -2.28. The summed E-state index contributed by atoms with van der Waals surface area (Å²) in [7, 11) is 0. The maximum Gasteiger partial charge on any atom is 1.00 e. The van der Waals surface area contributed by atoms with Crippen LogP contribution in [0, 0.1) is 5.82 Å². The van der Waals surface area contributed by atoms with Crippen molar-refractivity contribution in [2.45, 2.75) is 57.2 Å². The minimum atomic E-state index is -1.37. The molecule has 0 fully saturated rings. The number of carboxylic acid groups (broad SMARTS) is 1. The van der Waals surface area contributed by atoms with Crippen LogP contribution in [0.3, 0.4) is 0 Å². The van der Waals surface area contributed by atoms with Gasteiger partial charge in [-0.25, -0.2) is 4.39 Å². The van der Waals surface area contributed by atoms with E-state index < -0.39 is 24.6 Å². The zero-order valence-electron chi connectivity index (χ0n) is 21.2. The largest absolute Gasteiger partial charge is 1.00 e. The molecule has 0 saturated heterocycles. The topological polar surface area (TPSA) is 80.6 Å². The molecule has 0 unspecified atom stereocenters. The van der Waals surface area contributed by atoms with E-state index >= 15 is 0 Å². The van der Waals surface area contributed by atoms with Crippen molar-refractivity contribution in [2.24, 2.45) is 0 Å². The fraction of sp³-hybridized carbons (Fsp3) is 0.300. The molecule has 0 bridgehead atoms. The Morgan fingerprint density at radius 2 is 1.67 bits per heavy atom. The summed E-state index contributed by atoms with van der Waals surface area (Å²) in [5.41, 5.74) is 4.45. The standard InChI is InChI=1S/C30H33FO4.Na/c1-3-30(4-2,23-10-6-5-7-11-23)24-15-13-21(14-16-26(32)19-27(33)20-29(34)35)28(18-24)22-9-8-12-25(31)17-22;/h5-18,26-27,32-33H,3-4,19-20H2,1-2H3,(H,34,35);/q;+1/p-1/b16-14+;/t26-,27-;/m1./s1. The van der Waals surface area contributed by atoms with Crippen LogP contribution in [0.2, 0.25) is 0 Å². The van der Waals surface area contributed by atoms with Gasteiger partial charge in [0.25, 0.3) is 0 Å². The Morgan fingerprint density at radius 3 is 2.28 bits per heavy atom. The summed E-state index contributed by atoms with van der Waals surface area (Å²) in [4.78, 5) is 10.7.